The van der Waals surface area contributed by atoms with Crippen molar-refractivity contribution in [2.75, 3.05) is 23.9 Å². The number of nitrogens with one attached hydrogen (secondary N) is 1. The second kappa shape index (κ2) is 8.88. The predicted molar refractivity (Wildman–Crippen MR) is 125 cm³/mol. The number of fused-ring (bicyclic) bond motifs is 1. The zero-order chi connectivity index (χ0) is 22.8. The lowest BCUT2D eigenvalue weighted by molar-refractivity contribution is -0.124. The van der Waals surface area contributed by atoms with Gasteiger partial charge in [-0.05, 0) is 36.0 Å². The summed E-state index contributed by atoms with van der Waals surface area (Å²) >= 11 is 0. The number of ketones is 1. The van der Waals surface area contributed by atoms with Crippen LogP contribution in [0.1, 0.15) is 37.8 Å². The zero-order valence-corrected chi connectivity index (χ0v) is 18.7. The first kappa shape index (κ1) is 21.6. The largest absolute Gasteiger partial charge is 0.349 e. The molecule has 1 heterocycles. The SMILES string of the molecule is CC1CC1C(NC(=O)CCC(=O)C(C#N)=C1N(C)c2ccccc2N1C)c1ccccc1. The summed E-state index contributed by atoms with van der Waals surface area (Å²) in [6.07, 6.45) is 1.14. The summed E-state index contributed by atoms with van der Waals surface area (Å²) in [5.41, 5.74) is 3.04. The van der Waals surface area contributed by atoms with E-state index in [-0.39, 0.29) is 36.1 Å². The fourth-order valence-electron chi connectivity index (χ4n) is 4.57. The Balaban J connectivity index is 1.44. The summed E-state index contributed by atoms with van der Waals surface area (Å²) in [5, 5.41) is 12.9. The van der Waals surface area contributed by atoms with Gasteiger partial charge in [0.1, 0.15) is 17.5 Å². The van der Waals surface area contributed by atoms with Gasteiger partial charge in [-0.1, -0.05) is 49.4 Å². The van der Waals surface area contributed by atoms with Crippen molar-refractivity contribution in [3.8, 4) is 6.07 Å². The third kappa shape index (κ3) is 4.11. The first-order chi connectivity index (χ1) is 15.4. The molecule has 164 valence electrons. The maximum atomic E-state index is 12.9. The monoisotopic (exact) mass is 428 g/mol. The fraction of sp³-hybridized carbons (Fsp3) is 0.346. The van der Waals surface area contributed by atoms with Crippen molar-refractivity contribution in [2.24, 2.45) is 11.8 Å². The van der Waals surface area contributed by atoms with E-state index < -0.39 is 0 Å². The molecule has 1 N–H and O–H groups in total. The van der Waals surface area contributed by atoms with Crippen molar-refractivity contribution in [1.29, 1.82) is 5.26 Å². The van der Waals surface area contributed by atoms with Crippen LogP contribution in [0.25, 0.3) is 0 Å². The van der Waals surface area contributed by atoms with Crippen LogP contribution < -0.4 is 15.1 Å². The minimum atomic E-state index is -0.319. The summed E-state index contributed by atoms with van der Waals surface area (Å²) in [6, 6.07) is 19.8. The Kier molecular flexibility index (Phi) is 6.00. The molecular formula is C26H28N4O2. The number of benzene rings is 2. The van der Waals surface area contributed by atoms with Crippen molar-refractivity contribution in [1.82, 2.24) is 5.32 Å². The molecule has 3 atom stereocenters. The second-order valence-electron chi connectivity index (χ2n) is 8.67. The highest BCUT2D eigenvalue weighted by atomic mass is 16.2. The average Bonchev–Trinajstić information content (AvgIpc) is 3.49. The number of nitrogens with zero attached hydrogens (tertiary/aromatic N) is 3. The van der Waals surface area contributed by atoms with Crippen molar-refractivity contribution < 1.29 is 9.59 Å². The van der Waals surface area contributed by atoms with Gasteiger partial charge in [0, 0.05) is 26.9 Å². The molecule has 0 bridgehead atoms. The third-order valence-electron chi connectivity index (χ3n) is 6.51. The fourth-order valence-corrected chi connectivity index (χ4v) is 4.57. The van der Waals surface area contributed by atoms with Crippen LogP contribution in [-0.2, 0) is 9.59 Å². The molecular weight excluding hydrogens is 400 g/mol. The van der Waals surface area contributed by atoms with E-state index in [9.17, 15) is 14.9 Å². The van der Waals surface area contributed by atoms with Crippen LogP contribution in [0.15, 0.2) is 66.0 Å². The van der Waals surface area contributed by atoms with Gasteiger partial charge in [-0.25, -0.2) is 0 Å². The summed E-state index contributed by atoms with van der Waals surface area (Å²) < 4.78 is 0. The van der Waals surface area contributed by atoms with E-state index in [4.69, 9.17) is 0 Å². The minimum Gasteiger partial charge on any atom is -0.349 e. The Hall–Kier alpha value is -3.59. The quantitative estimate of drug-likeness (QED) is 0.529. The standard InChI is InChI=1S/C26H28N4O2/c1-17-15-19(17)25(18-9-5-4-6-10-18)28-24(32)14-13-23(31)20(16-27)26-29(2)21-11-7-8-12-22(21)30(26)3/h4-12,17,19,25H,13-15H2,1-3H3,(H,28,32). The summed E-state index contributed by atoms with van der Waals surface area (Å²) in [4.78, 5) is 29.4. The molecule has 1 aliphatic carbocycles. The normalized spacial score (nSPS) is 19.8. The molecule has 2 aliphatic rings. The van der Waals surface area contributed by atoms with Gasteiger partial charge >= 0.3 is 0 Å². The number of carbonyl (C=O) groups is 2. The van der Waals surface area contributed by atoms with E-state index >= 15 is 0 Å². The molecule has 1 amide bonds. The summed E-state index contributed by atoms with van der Waals surface area (Å²) in [6.45, 7) is 2.19. The van der Waals surface area contributed by atoms with Crippen LogP contribution in [0.3, 0.4) is 0 Å². The van der Waals surface area contributed by atoms with Gasteiger partial charge in [0.25, 0.3) is 0 Å². The second-order valence-corrected chi connectivity index (χ2v) is 8.67. The number of hydrogen-bond acceptors (Lipinski definition) is 5. The van der Waals surface area contributed by atoms with Crippen LogP contribution in [0.4, 0.5) is 11.4 Å². The first-order valence-corrected chi connectivity index (χ1v) is 11.0. The molecule has 0 saturated heterocycles. The minimum absolute atomic E-state index is 0.00200. The van der Waals surface area contributed by atoms with Crippen LogP contribution in [0.5, 0.6) is 0 Å². The number of Topliss-reactive ketones (excluding diaryl/α,β-unsaturated/α-hetero) is 1. The molecule has 0 spiro atoms. The van der Waals surface area contributed by atoms with Crippen LogP contribution in [0.2, 0.25) is 0 Å². The molecule has 0 radical (unpaired) electrons. The Morgan fingerprint density at radius 1 is 1.03 bits per heavy atom. The van der Waals surface area contributed by atoms with Crippen LogP contribution in [0, 0.1) is 23.2 Å². The molecule has 2 aromatic carbocycles. The maximum Gasteiger partial charge on any atom is 0.220 e. The number of para-hydroxylation sites is 2. The average molecular weight is 429 g/mol. The number of carbonyl (C=O) groups excluding carboxylic acids is 2. The molecule has 0 aromatic heterocycles. The molecule has 1 aliphatic heterocycles. The highest BCUT2D eigenvalue weighted by Crippen LogP contribution is 2.47. The molecule has 1 saturated carbocycles. The highest BCUT2D eigenvalue weighted by molar-refractivity contribution is 6.03. The van der Waals surface area contributed by atoms with Gasteiger partial charge < -0.3 is 15.1 Å². The molecule has 2 aromatic rings. The first-order valence-electron chi connectivity index (χ1n) is 11.0. The number of anilines is 2. The Bertz CT molecular complexity index is 1070. The lowest BCUT2D eigenvalue weighted by Crippen LogP contribution is -2.31. The smallest absolute Gasteiger partial charge is 0.220 e. The third-order valence-corrected chi connectivity index (χ3v) is 6.51. The van der Waals surface area contributed by atoms with Crippen molar-refractivity contribution in [3.05, 3.63) is 71.6 Å². The number of amides is 1. The number of rotatable bonds is 7. The van der Waals surface area contributed by atoms with Crippen molar-refractivity contribution >= 4 is 23.1 Å². The Labute approximate surface area is 189 Å². The van der Waals surface area contributed by atoms with Crippen molar-refractivity contribution in [2.45, 2.75) is 32.2 Å². The summed E-state index contributed by atoms with van der Waals surface area (Å²) in [5.74, 6) is 1.07. The Morgan fingerprint density at radius 3 is 2.12 bits per heavy atom. The lowest BCUT2D eigenvalue weighted by atomic mass is 10.0. The predicted octanol–water partition coefficient (Wildman–Crippen LogP) is 4.17. The molecule has 1 fully saturated rings. The topological polar surface area (TPSA) is 76.4 Å². The van der Waals surface area contributed by atoms with E-state index in [1.807, 2.05) is 78.5 Å². The van der Waals surface area contributed by atoms with Gasteiger partial charge in [-0.3, -0.25) is 9.59 Å². The lowest BCUT2D eigenvalue weighted by Gasteiger charge is -2.20. The highest BCUT2D eigenvalue weighted by Gasteiger charge is 2.41. The molecule has 32 heavy (non-hydrogen) atoms. The van der Waals surface area contributed by atoms with Gasteiger partial charge in [0.05, 0.1) is 17.4 Å². The molecule has 6 heteroatoms. The van der Waals surface area contributed by atoms with E-state index in [2.05, 4.69) is 18.3 Å². The summed E-state index contributed by atoms with van der Waals surface area (Å²) in [7, 11) is 3.69. The van der Waals surface area contributed by atoms with Gasteiger partial charge in [-0.15, -0.1) is 0 Å². The number of hydrogen-bond donors (Lipinski definition) is 1. The van der Waals surface area contributed by atoms with Crippen molar-refractivity contribution in [3.63, 3.8) is 0 Å². The number of allylic oxidation sites excluding steroid dienone is 1. The molecule has 4 rings (SSSR count). The van der Waals surface area contributed by atoms with Gasteiger partial charge in [0.15, 0.2) is 5.78 Å². The molecule has 6 nitrogen and oxygen atoms in total. The van der Waals surface area contributed by atoms with Crippen LogP contribution >= 0.6 is 0 Å². The van der Waals surface area contributed by atoms with Gasteiger partial charge in [-0.2, -0.15) is 5.26 Å². The van der Waals surface area contributed by atoms with E-state index in [1.54, 1.807) is 0 Å². The zero-order valence-electron chi connectivity index (χ0n) is 18.7. The Morgan fingerprint density at radius 2 is 1.59 bits per heavy atom. The van der Waals surface area contributed by atoms with Crippen LogP contribution in [-0.4, -0.2) is 25.8 Å². The van der Waals surface area contributed by atoms with E-state index in [0.29, 0.717) is 17.7 Å². The van der Waals surface area contributed by atoms with Gasteiger partial charge in [0.2, 0.25) is 5.91 Å². The van der Waals surface area contributed by atoms with E-state index in [1.165, 1.54) is 0 Å². The number of nitriles is 1. The molecule has 3 unspecified atom stereocenters. The van der Waals surface area contributed by atoms with E-state index in [0.717, 1.165) is 23.4 Å². The maximum absolute atomic E-state index is 12.9.